The Morgan fingerprint density at radius 3 is 2.82 bits per heavy atom. The van der Waals surface area contributed by atoms with E-state index in [0.717, 1.165) is 15.9 Å². The molecule has 0 fully saturated rings. The zero-order valence-electron chi connectivity index (χ0n) is 11.4. The Hall–Kier alpha value is -1.94. The number of hydrogen-bond acceptors (Lipinski definition) is 5. The van der Waals surface area contributed by atoms with E-state index in [4.69, 9.17) is 4.74 Å². The lowest BCUT2D eigenvalue weighted by Gasteiger charge is -2.16. The maximum atomic E-state index is 13.1. The molecule has 1 aliphatic rings. The summed E-state index contributed by atoms with van der Waals surface area (Å²) in [5, 5.41) is 4.61. The van der Waals surface area contributed by atoms with Crippen molar-refractivity contribution in [2.45, 2.75) is 19.3 Å². The zero-order chi connectivity index (χ0) is 15.9. The van der Waals surface area contributed by atoms with Crippen LogP contribution < -0.4 is 0 Å². The predicted octanol–water partition coefficient (Wildman–Crippen LogP) is 1.85. The molecule has 1 amide bonds. The fourth-order valence-corrected chi connectivity index (χ4v) is 3.06. The average molecular weight is 332 g/mol. The van der Waals surface area contributed by atoms with E-state index in [1.807, 2.05) is 0 Å². The molecule has 2 aromatic rings. The molecule has 118 valence electrons. The van der Waals surface area contributed by atoms with Gasteiger partial charge in [-0.15, -0.1) is 0 Å². The van der Waals surface area contributed by atoms with Crippen LogP contribution >= 0.6 is 11.3 Å². The van der Waals surface area contributed by atoms with Crippen molar-refractivity contribution in [3.05, 3.63) is 28.5 Å². The Morgan fingerprint density at radius 2 is 2.23 bits per heavy atom. The number of imidazole rings is 1. The van der Waals surface area contributed by atoms with E-state index in [1.165, 1.54) is 18.1 Å². The largest absolute Gasteiger partial charge is 0.435 e. The second kappa shape index (κ2) is 5.36. The normalized spacial score (nSPS) is 15.5. The van der Waals surface area contributed by atoms with Crippen LogP contribution in [-0.4, -0.2) is 39.1 Å². The SMILES string of the molecule is COCc1nn2c(CN3CC=CC3=O)c(C(F)(F)F)nc2s1. The first kappa shape index (κ1) is 15.0. The standard InChI is InChI=1S/C12H11F3N4O2S/c1-21-6-8-17-19-7(5-18-4-2-3-9(18)20)10(12(13,14)15)16-11(19)22-8/h2-3H,4-6H2,1H3. The van der Waals surface area contributed by atoms with Gasteiger partial charge in [-0.05, 0) is 0 Å². The molecule has 0 saturated heterocycles. The van der Waals surface area contributed by atoms with E-state index < -0.39 is 11.9 Å². The van der Waals surface area contributed by atoms with Crippen LogP contribution in [0.2, 0.25) is 0 Å². The van der Waals surface area contributed by atoms with Crippen molar-refractivity contribution in [1.29, 1.82) is 0 Å². The van der Waals surface area contributed by atoms with Crippen molar-refractivity contribution in [3.63, 3.8) is 0 Å². The van der Waals surface area contributed by atoms with E-state index >= 15 is 0 Å². The molecule has 0 unspecified atom stereocenters. The third-order valence-electron chi connectivity index (χ3n) is 3.11. The molecule has 3 rings (SSSR count). The molecule has 0 aliphatic carbocycles. The summed E-state index contributed by atoms with van der Waals surface area (Å²) < 4.78 is 45.5. The van der Waals surface area contributed by atoms with E-state index in [-0.39, 0.29) is 36.3 Å². The number of nitrogens with zero attached hydrogens (tertiary/aromatic N) is 4. The first-order valence-electron chi connectivity index (χ1n) is 6.29. The molecule has 10 heteroatoms. The van der Waals surface area contributed by atoms with Gasteiger partial charge in [-0.25, -0.2) is 9.50 Å². The number of carbonyl (C=O) groups is 1. The van der Waals surface area contributed by atoms with Gasteiger partial charge in [-0.2, -0.15) is 18.3 Å². The van der Waals surface area contributed by atoms with Crippen LogP contribution in [0.15, 0.2) is 12.2 Å². The van der Waals surface area contributed by atoms with Crippen LogP contribution in [0.25, 0.3) is 4.96 Å². The Labute approximate surface area is 126 Å². The van der Waals surface area contributed by atoms with Gasteiger partial charge in [-0.3, -0.25) is 4.79 Å². The molecule has 1 aliphatic heterocycles. The summed E-state index contributed by atoms with van der Waals surface area (Å²) in [6.07, 6.45) is -1.66. The molecule has 0 aromatic carbocycles. The minimum Gasteiger partial charge on any atom is -0.377 e. The lowest BCUT2D eigenvalue weighted by atomic mass is 10.3. The van der Waals surface area contributed by atoms with Crippen LogP contribution in [0.5, 0.6) is 0 Å². The Balaban J connectivity index is 2.04. The lowest BCUT2D eigenvalue weighted by Crippen LogP contribution is -2.27. The van der Waals surface area contributed by atoms with Gasteiger partial charge in [-0.1, -0.05) is 17.4 Å². The van der Waals surface area contributed by atoms with E-state index in [9.17, 15) is 18.0 Å². The first-order chi connectivity index (χ1) is 10.4. The van der Waals surface area contributed by atoms with Gasteiger partial charge in [0, 0.05) is 19.7 Å². The molecule has 3 heterocycles. The smallest absolute Gasteiger partial charge is 0.377 e. The van der Waals surface area contributed by atoms with Gasteiger partial charge >= 0.3 is 6.18 Å². The van der Waals surface area contributed by atoms with Crippen molar-refractivity contribution in [2.24, 2.45) is 0 Å². The third kappa shape index (κ3) is 2.59. The predicted molar refractivity (Wildman–Crippen MR) is 71.1 cm³/mol. The van der Waals surface area contributed by atoms with Crippen molar-refractivity contribution in [1.82, 2.24) is 19.5 Å². The van der Waals surface area contributed by atoms with Crippen molar-refractivity contribution < 1.29 is 22.7 Å². The number of hydrogen-bond donors (Lipinski definition) is 0. The van der Waals surface area contributed by atoms with E-state index in [2.05, 4.69) is 10.1 Å². The topological polar surface area (TPSA) is 59.7 Å². The summed E-state index contributed by atoms with van der Waals surface area (Å²) in [6.45, 7) is 0.273. The summed E-state index contributed by atoms with van der Waals surface area (Å²) in [4.78, 5) is 16.7. The summed E-state index contributed by atoms with van der Waals surface area (Å²) in [6, 6.07) is 0. The number of ether oxygens (including phenoxy) is 1. The average Bonchev–Trinajstić information content (AvgIpc) is 3.07. The van der Waals surface area contributed by atoms with Crippen molar-refractivity contribution in [3.8, 4) is 0 Å². The van der Waals surface area contributed by atoms with Gasteiger partial charge in [0.05, 0.1) is 18.8 Å². The molecule has 0 radical (unpaired) electrons. The minimum atomic E-state index is -4.60. The van der Waals surface area contributed by atoms with Gasteiger partial charge < -0.3 is 9.64 Å². The molecule has 0 atom stereocenters. The number of carbonyl (C=O) groups excluding carboxylic acids is 1. The monoisotopic (exact) mass is 332 g/mol. The summed E-state index contributed by atoms with van der Waals surface area (Å²) in [7, 11) is 1.47. The zero-order valence-corrected chi connectivity index (χ0v) is 12.2. The number of rotatable bonds is 4. The van der Waals surface area contributed by atoms with E-state index in [1.54, 1.807) is 6.08 Å². The van der Waals surface area contributed by atoms with Crippen LogP contribution in [0.4, 0.5) is 13.2 Å². The van der Waals surface area contributed by atoms with Crippen LogP contribution in [0, 0.1) is 0 Å². The second-order valence-electron chi connectivity index (χ2n) is 4.65. The number of aromatic nitrogens is 3. The number of halogens is 3. The molecular formula is C12H11F3N4O2S. The lowest BCUT2D eigenvalue weighted by molar-refractivity contribution is -0.142. The number of fused-ring (bicyclic) bond motifs is 1. The summed E-state index contributed by atoms with van der Waals surface area (Å²) >= 11 is 1.03. The highest BCUT2D eigenvalue weighted by Crippen LogP contribution is 2.34. The fourth-order valence-electron chi connectivity index (χ4n) is 2.18. The highest BCUT2D eigenvalue weighted by molar-refractivity contribution is 7.16. The molecule has 22 heavy (non-hydrogen) atoms. The molecule has 6 nitrogen and oxygen atoms in total. The Kier molecular flexibility index (Phi) is 3.65. The number of methoxy groups -OCH3 is 1. The highest BCUT2D eigenvalue weighted by Gasteiger charge is 2.39. The van der Waals surface area contributed by atoms with Crippen LogP contribution in [0.1, 0.15) is 16.4 Å². The number of amides is 1. The van der Waals surface area contributed by atoms with Crippen molar-refractivity contribution >= 4 is 22.2 Å². The summed E-state index contributed by atoms with van der Waals surface area (Å²) in [5.74, 6) is -0.324. The maximum absolute atomic E-state index is 13.1. The van der Waals surface area contributed by atoms with Gasteiger partial charge in [0.2, 0.25) is 10.9 Å². The van der Waals surface area contributed by atoms with E-state index in [0.29, 0.717) is 5.01 Å². The second-order valence-corrected chi connectivity index (χ2v) is 5.69. The van der Waals surface area contributed by atoms with Crippen LogP contribution in [0.3, 0.4) is 0 Å². The van der Waals surface area contributed by atoms with Gasteiger partial charge in [0.25, 0.3) is 0 Å². The van der Waals surface area contributed by atoms with Gasteiger partial charge in [0.1, 0.15) is 5.01 Å². The molecule has 0 saturated carbocycles. The summed E-state index contributed by atoms with van der Waals surface area (Å²) in [5.41, 5.74) is -1.15. The molecule has 0 bridgehead atoms. The molecule has 2 aromatic heterocycles. The van der Waals surface area contributed by atoms with Crippen LogP contribution in [-0.2, 0) is 28.9 Å². The third-order valence-corrected chi connectivity index (χ3v) is 4.00. The van der Waals surface area contributed by atoms with Gasteiger partial charge in [0.15, 0.2) is 5.69 Å². The molecule has 0 spiro atoms. The fraction of sp³-hybridized carbons (Fsp3) is 0.417. The minimum absolute atomic E-state index is 0.133. The molecular weight excluding hydrogens is 321 g/mol. The quantitative estimate of drug-likeness (QED) is 0.857. The first-order valence-corrected chi connectivity index (χ1v) is 7.10. The number of alkyl halides is 3. The molecule has 0 N–H and O–H groups in total. The Bertz CT molecular complexity index is 749. The maximum Gasteiger partial charge on any atom is 0.435 e. The Morgan fingerprint density at radius 1 is 1.45 bits per heavy atom. The highest BCUT2D eigenvalue weighted by atomic mass is 32.1. The van der Waals surface area contributed by atoms with Crippen molar-refractivity contribution in [2.75, 3.05) is 13.7 Å².